The number of amides is 1. The van der Waals surface area contributed by atoms with E-state index in [9.17, 15) is 4.79 Å². The Morgan fingerprint density at radius 2 is 1.62 bits per heavy atom. The highest BCUT2D eigenvalue weighted by Gasteiger charge is 2.54. The topological polar surface area (TPSA) is 66.0 Å². The molecule has 6 heteroatoms. The highest BCUT2D eigenvalue weighted by molar-refractivity contribution is 6.10. The molecule has 7 rings (SSSR count). The van der Waals surface area contributed by atoms with E-state index in [-0.39, 0.29) is 18.6 Å². The van der Waals surface area contributed by atoms with Gasteiger partial charge in [0.25, 0.3) is 0 Å². The molecule has 3 aliphatic rings. The van der Waals surface area contributed by atoms with Crippen molar-refractivity contribution in [1.29, 1.82) is 0 Å². The van der Waals surface area contributed by atoms with E-state index < -0.39 is 5.41 Å². The second-order valence-electron chi connectivity index (χ2n) is 9.66. The van der Waals surface area contributed by atoms with E-state index in [1.807, 2.05) is 78.9 Å². The molecule has 0 unspecified atom stereocenters. The summed E-state index contributed by atoms with van der Waals surface area (Å²) >= 11 is 0. The SMILES string of the molecule is O=C1Nc2ccccc2[C@]12COc1cc3c(cc12)O[C@H](Cc1ccc(OCc2ccccc2)cc1)CO3. The first-order chi connectivity index (χ1) is 18.2. The van der Waals surface area contributed by atoms with Crippen molar-refractivity contribution in [3.63, 3.8) is 0 Å². The van der Waals surface area contributed by atoms with Crippen LogP contribution in [0.4, 0.5) is 5.69 Å². The lowest BCUT2D eigenvalue weighted by Crippen LogP contribution is -2.37. The molecule has 0 saturated heterocycles. The largest absolute Gasteiger partial charge is 0.491 e. The van der Waals surface area contributed by atoms with Crippen LogP contribution in [0, 0.1) is 0 Å². The lowest BCUT2D eigenvalue weighted by molar-refractivity contribution is -0.119. The van der Waals surface area contributed by atoms with Gasteiger partial charge in [0.05, 0.1) is 0 Å². The first kappa shape index (κ1) is 21.8. The molecule has 0 aromatic heterocycles. The lowest BCUT2D eigenvalue weighted by atomic mass is 9.77. The molecule has 0 saturated carbocycles. The van der Waals surface area contributed by atoms with Gasteiger partial charge in [-0.25, -0.2) is 0 Å². The average molecular weight is 492 g/mol. The zero-order valence-corrected chi connectivity index (χ0v) is 20.1. The Morgan fingerprint density at radius 3 is 2.49 bits per heavy atom. The van der Waals surface area contributed by atoms with E-state index in [1.54, 1.807) is 0 Å². The normalized spacial score (nSPS) is 20.6. The Morgan fingerprint density at radius 1 is 0.811 bits per heavy atom. The molecule has 3 heterocycles. The molecule has 37 heavy (non-hydrogen) atoms. The number of benzene rings is 4. The summed E-state index contributed by atoms with van der Waals surface area (Å²) in [5.74, 6) is 2.70. The minimum atomic E-state index is -0.868. The van der Waals surface area contributed by atoms with Crippen LogP contribution in [0.15, 0.2) is 91.0 Å². The van der Waals surface area contributed by atoms with Gasteiger partial charge in [-0.05, 0) is 41.0 Å². The first-order valence-corrected chi connectivity index (χ1v) is 12.5. The molecule has 4 aromatic carbocycles. The summed E-state index contributed by atoms with van der Waals surface area (Å²) < 4.78 is 24.3. The summed E-state index contributed by atoms with van der Waals surface area (Å²) in [4.78, 5) is 13.2. The van der Waals surface area contributed by atoms with Crippen molar-refractivity contribution in [2.45, 2.75) is 24.5 Å². The van der Waals surface area contributed by atoms with Gasteiger partial charge in [0.15, 0.2) is 11.5 Å². The van der Waals surface area contributed by atoms with E-state index >= 15 is 0 Å². The number of anilines is 1. The quantitative estimate of drug-likeness (QED) is 0.412. The number of hydrogen-bond donors (Lipinski definition) is 1. The Balaban J connectivity index is 1.08. The number of carbonyl (C=O) groups excluding carboxylic acids is 1. The van der Waals surface area contributed by atoms with E-state index in [0.29, 0.717) is 36.9 Å². The van der Waals surface area contributed by atoms with Crippen LogP contribution in [0.25, 0.3) is 0 Å². The maximum absolute atomic E-state index is 13.2. The Labute approximate surface area is 214 Å². The summed E-state index contributed by atoms with van der Waals surface area (Å²) in [6, 6.07) is 29.8. The highest BCUT2D eigenvalue weighted by Crippen LogP contribution is 2.53. The fourth-order valence-electron chi connectivity index (χ4n) is 5.41. The van der Waals surface area contributed by atoms with Gasteiger partial charge in [-0.1, -0.05) is 60.7 Å². The van der Waals surface area contributed by atoms with Crippen LogP contribution in [0.2, 0.25) is 0 Å². The smallest absolute Gasteiger partial charge is 0.243 e. The van der Waals surface area contributed by atoms with Gasteiger partial charge in [0.1, 0.15) is 42.8 Å². The third-order valence-corrected chi connectivity index (χ3v) is 7.33. The molecule has 1 amide bonds. The van der Waals surface area contributed by atoms with Crippen molar-refractivity contribution < 1.29 is 23.7 Å². The fraction of sp³-hybridized carbons (Fsp3) is 0.194. The fourth-order valence-corrected chi connectivity index (χ4v) is 5.41. The summed E-state index contributed by atoms with van der Waals surface area (Å²) in [5.41, 5.74) is 3.98. The molecule has 0 radical (unpaired) electrons. The molecule has 3 aliphatic heterocycles. The molecular formula is C31H25NO5. The molecule has 0 aliphatic carbocycles. The number of hydrogen-bond acceptors (Lipinski definition) is 5. The van der Waals surface area contributed by atoms with Crippen LogP contribution in [-0.4, -0.2) is 25.2 Å². The van der Waals surface area contributed by atoms with Crippen LogP contribution in [0.3, 0.4) is 0 Å². The molecule has 1 spiro atoms. The monoisotopic (exact) mass is 491 g/mol. The van der Waals surface area contributed by atoms with Crippen molar-refractivity contribution >= 4 is 11.6 Å². The minimum Gasteiger partial charge on any atom is -0.491 e. The average Bonchev–Trinajstić information content (AvgIpc) is 3.45. The van der Waals surface area contributed by atoms with Crippen molar-refractivity contribution in [3.8, 4) is 23.0 Å². The molecule has 6 nitrogen and oxygen atoms in total. The number of ether oxygens (including phenoxy) is 4. The summed E-state index contributed by atoms with van der Waals surface area (Å²) in [5, 5.41) is 3.01. The van der Waals surface area contributed by atoms with E-state index in [2.05, 4.69) is 17.4 Å². The van der Waals surface area contributed by atoms with Crippen molar-refractivity contribution in [2.24, 2.45) is 0 Å². The maximum Gasteiger partial charge on any atom is 0.243 e. The zero-order chi connectivity index (χ0) is 24.8. The predicted molar refractivity (Wildman–Crippen MR) is 139 cm³/mol. The van der Waals surface area contributed by atoms with E-state index in [1.165, 1.54) is 0 Å². The van der Waals surface area contributed by atoms with Crippen molar-refractivity contribution in [1.82, 2.24) is 0 Å². The van der Waals surface area contributed by atoms with Crippen molar-refractivity contribution in [2.75, 3.05) is 18.5 Å². The van der Waals surface area contributed by atoms with Gasteiger partial charge >= 0.3 is 0 Å². The lowest BCUT2D eigenvalue weighted by Gasteiger charge is -2.28. The van der Waals surface area contributed by atoms with E-state index in [4.69, 9.17) is 18.9 Å². The second-order valence-corrected chi connectivity index (χ2v) is 9.66. The van der Waals surface area contributed by atoms with Gasteiger partial charge in [-0.3, -0.25) is 4.79 Å². The van der Waals surface area contributed by atoms with E-state index in [0.717, 1.165) is 33.7 Å². The molecule has 0 fully saturated rings. The standard InChI is InChI=1S/C31H25NO5/c33-30-31(24-8-4-5-9-26(24)32-30)19-36-27-16-28-29(15-25(27)31)37-23(18-35-28)14-20-10-12-22(13-11-20)34-17-21-6-2-1-3-7-21/h1-13,15-16,23H,14,17-19H2,(H,32,33)/t23-,31+/m1/s1. The highest BCUT2D eigenvalue weighted by atomic mass is 16.6. The number of fused-ring (bicyclic) bond motifs is 5. The second kappa shape index (κ2) is 8.59. The number of carbonyl (C=O) groups is 1. The predicted octanol–water partition coefficient (Wildman–Crippen LogP) is 5.28. The minimum absolute atomic E-state index is 0.0738. The van der Waals surface area contributed by atoms with Crippen molar-refractivity contribution in [3.05, 3.63) is 113 Å². The van der Waals surface area contributed by atoms with Gasteiger partial charge < -0.3 is 24.3 Å². The Bertz CT molecular complexity index is 1480. The molecule has 0 bridgehead atoms. The molecule has 1 N–H and O–H groups in total. The summed E-state index contributed by atoms with van der Waals surface area (Å²) in [6.07, 6.45) is 0.546. The van der Waals surface area contributed by atoms with Gasteiger partial charge in [-0.2, -0.15) is 0 Å². The number of rotatable bonds is 5. The number of nitrogens with one attached hydrogen (secondary N) is 1. The molecule has 2 atom stereocenters. The van der Waals surface area contributed by atoms with Gasteiger partial charge in [0, 0.05) is 23.7 Å². The molecule has 4 aromatic rings. The summed E-state index contributed by atoms with van der Waals surface area (Å²) in [7, 11) is 0. The third kappa shape index (κ3) is 3.68. The molecular weight excluding hydrogens is 466 g/mol. The molecule has 184 valence electrons. The summed E-state index contributed by atoms with van der Waals surface area (Å²) in [6.45, 7) is 1.23. The zero-order valence-electron chi connectivity index (χ0n) is 20.1. The van der Waals surface area contributed by atoms with Gasteiger partial charge in [-0.15, -0.1) is 0 Å². The van der Waals surface area contributed by atoms with Crippen LogP contribution in [0.1, 0.15) is 22.3 Å². The van der Waals surface area contributed by atoms with Crippen LogP contribution in [-0.2, 0) is 23.2 Å². The van der Waals surface area contributed by atoms with Gasteiger partial charge in [0.2, 0.25) is 5.91 Å². The first-order valence-electron chi connectivity index (χ1n) is 12.5. The number of para-hydroxylation sites is 1. The van der Waals surface area contributed by atoms with Crippen LogP contribution in [0.5, 0.6) is 23.0 Å². The maximum atomic E-state index is 13.2. The Kier molecular flexibility index (Phi) is 5.06. The Hall–Kier alpha value is -4.45. The van der Waals surface area contributed by atoms with Crippen LogP contribution < -0.4 is 24.3 Å². The van der Waals surface area contributed by atoms with Crippen LogP contribution >= 0.6 is 0 Å². The third-order valence-electron chi connectivity index (χ3n) is 7.33.